The summed E-state index contributed by atoms with van der Waals surface area (Å²) in [7, 11) is 1.55. The van der Waals surface area contributed by atoms with Crippen molar-refractivity contribution < 1.29 is 19.7 Å². The number of carbonyl (C=O) groups excluding carboxylic acids is 1. The van der Waals surface area contributed by atoms with E-state index >= 15 is 0 Å². The Morgan fingerprint density at radius 2 is 1.66 bits per heavy atom. The van der Waals surface area contributed by atoms with Crippen LogP contribution in [-0.4, -0.2) is 23.1 Å². The van der Waals surface area contributed by atoms with Crippen molar-refractivity contribution in [3.8, 4) is 28.4 Å². The molecular weight excluding hydrogens is 400 g/mol. The second-order valence-electron chi connectivity index (χ2n) is 7.35. The standard InChI is InChI=1S/C28H26O4/c1-4-7-19-11-13-27(30)24(16-19)25-17-20(8-5-2)15-22(28(25)31)12-14-26(29)21-9-6-10-23(18-21)32-3/h4-6,9-18,30-31H,1-2,7-8H2,3H3. The van der Waals surface area contributed by atoms with Gasteiger partial charge in [-0.05, 0) is 72.5 Å². The number of allylic oxidation sites excluding steroid dienone is 3. The fourth-order valence-electron chi connectivity index (χ4n) is 3.47. The Labute approximate surface area is 188 Å². The van der Waals surface area contributed by atoms with Crippen molar-refractivity contribution in [2.45, 2.75) is 12.8 Å². The molecule has 0 saturated carbocycles. The minimum Gasteiger partial charge on any atom is -0.507 e. The SMILES string of the molecule is C=CCc1ccc(O)c(-c2cc(CC=C)cc(C=CC(=O)c3cccc(OC)c3)c2O)c1. The smallest absolute Gasteiger partial charge is 0.185 e. The Morgan fingerprint density at radius 1 is 0.938 bits per heavy atom. The zero-order valence-electron chi connectivity index (χ0n) is 18.0. The van der Waals surface area contributed by atoms with E-state index in [0.717, 1.165) is 11.1 Å². The number of ketones is 1. The average Bonchev–Trinajstić information content (AvgIpc) is 2.80. The quantitative estimate of drug-likeness (QED) is 0.245. The molecule has 162 valence electrons. The molecule has 4 heteroatoms. The third kappa shape index (κ3) is 5.16. The third-order valence-electron chi connectivity index (χ3n) is 5.08. The van der Waals surface area contributed by atoms with Crippen LogP contribution >= 0.6 is 0 Å². The highest BCUT2D eigenvalue weighted by atomic mass is 16.5. The van der Waals surface area contributed by atoms with Gasteiger partial charge in [0.15, 0.2) is 5.78 Å². The number of methoxy groups -OCH3 is 1. The number of phenolic OH excluding ortho intramolecular Hbond substituents is 2. The van der Waals surface area contributed by atoms with Crippen LogP contribution in [0.25, 0.3) is 17.2 Å². The van der Waals surface area contributed by atoms with Gasteiger partial charge in [0.25, 0.3) is 0 Å². The van der Waals surface area contributed by atoms with Gasteiger partial charge in [-0.15, -0.1) is 13.2 Å². The molecule has 3 rings (SSSR count). The van der Waals surface area contributed by atoms with Crippen molar-refractivity contribution in [2.75, 3.05) is 7.11 Å². The number of benzene rings is 3. The molecule has 0 saturated heterocycles. The Morgan fingerprint density at radius 3 is 2.38 bits per heavy atom. The molecule has 0 heterocycles. The molecule has 32 heavy (non-hydrogen) atoms. The highest BCUT2D eigenvalue weighted by molar-refractivity contribution is 6.07. The van der Waals surface area contributed by atoms with Gasteiger partial charge in [-0.1, -0.05) is 30.4 Å². The molecule has 0 aliphatic carbocycles. The first-order valence-electron chi connectivity index (χ1n) is 10.2. The Hall–Kier alpha value is -4.05. The Bertz CT molecular complexity index is 1190. The summed E-state index contributed by atoms with van der Waals surface area (Å²) in [4.78, 5) is 12.6. The first kappa shape index (κ1) is 22.6. The van der Waals surface area contributed by atoms with Gasteiger partial charge in [0, 0.05) is 22.3 Å². The molecule has 2 N–H and O–H groups in total. The normalized spacial score (nSPS) is 10.8. The topological polar surface area (TPSA) is 66.8 Å². The lowest BCUT2D eigenvalue weighted by atomic mass is 9.94. The van der Waals surface area contributed by atoms with Crippen LogP contribution in [0, 0.1) is 0 Å². The molecule has 4 nitrogen and oxygen atoms in total. The van der Waals surface area contributed by atoms with Crippen LogP contribution in [0.4, 0.5) is 0 Å². The number of rotatable bonds is 9. The fraction of sp³-hybridized carbons (Fsp3) is 0.107. The van der Waals surface area contributed by atoms with Crippen LogP contribution in [0.1, 0.15) is 27.0 Å². The van der Waals surface area contributed by atoms with E-state index in [4.69, 9.17) is 4.74 Å². The first-order chi connectivity index (χ1) is 15.5. The van der Waals surface area contributed by atoms with Crippen LogP contribution in [0.5, 0.6) is 17.2 Å². The van der Waals surface area contributed by atoms with E-state index in [0.29, 0.717) is 40.8 Å². The average molecular weight is 427 g/mol. The molecule has 0 unspecified atom stereocenters. The predicted molar refractivity (Wildman–Crippen MR) is 129 cm³/mol. The molecule has 0 fully saturated rings. The highest BCUT2D eigenvalue weighted by Crippen LogP contribution is 2.39. The van der Waals surface area contributed by atoms with Gasteiger partial charge in [0.05, 0.1) is 7.11 Å². The molecule has 0 bridgehead atoms. The summed E-state index contributed by atoms with van der Waals surface area (Å²) in [6.45, 7) is 7.55. The van der Waals surface area contributed by atoms with Crippen molar-refractivity contribution in [1.82, 2.24) is 0 Å². The van der Waals surface area contributed by atoms with Gasteiger partial charge in [0.2, 0.25) is 0 Å². The van der Waals surface area contributed by atoms with Crippen molar-refractivity contribution in [3.05, 3.63) is 108 Å². The number of aromatic hydroxyl groups is 2. The summed E-state index contributed by atoms with van der Waals surface area (Å²) in [5, 5.41) is 21.5. The maximum Gasteiger partial charge on any atom is 0.185 e. The van der Waals surface area contributed by atoms with Gasteiger partial charge in [-0.25, -0.2) is 0 Å². The van der Waals surface area contributed by atoms with E-state index in [1.54, 1.807) is 61.7 Å². The second-order valence-corrected chi connectivity index (χ2v) is 7.35. The van der Waals surface area contributed by atoms with Gasteiger partial charge in [0.1, 0.15) is 17.2 Å². The molecule has 3 aromatic carbocycles. The Kier molecular flexibility index (Phi) is 7.29. The zero-order valence-corrected chi connectivity index (χ0v) is 18.0. The lowest BCUT2D eigenvalue weighted by molar-refractivity contribution is 0.104. The summed E-state index contributed by atoms with van der Waals surface area (Å²) in [5.74, 6) is 0.428. The second kappa shape index (κ2) is 10.3. The van der Waals surface area contributed by atoms with E-state index in [1.807, 2.05) is 18.2 Å². The monoisotopic (exact) mass is 426 g/mol. The van der Waals surface area contributed by atoms with Crippen LogP contribution < -0.4 is 4.74 Å². The van der Waals surface area contributed by atoms with E-state index in [2.05, 4.69) is 13.2 Å². The maximum absolute atomic E-state index is 12.6. The van der Waals surface area contributed by atoms with E-state index < -0.39 is 0 Å². The Balaban J connectivity index is 2.05. The van der Waals surface area contributed by atoms with Crippen molar-refractivity contribution in [3.63, 3.8) is 0 Å². The summed E-state index contributed by atoms with van der Waals surface area (Å²) in [6.07, 6.45) is 7.76. The molecule has 0 atom stereocenters. The van der Waals surface area contributed by atoms with E-state index in [9.17, 15) is 15.0 Å². The lowest BCUT2D eigenvalue weighted by Gasteiger charge is -2.13. The fourth-order valence-corrected chi connectivity index (χ4v) is 3.47. The van der Waals surface area contributed by atoms with Crippen molar-refractivity contribution in [1.29, 1.82) is 0 Å². The van der Waals surface area contributed by atoms with Crippen LogP contribution in [-0.2, 0) is 12.8 Å². The van der Waals surface area contributed by atoms with Gasteiger partial charge < -0.3 is 14.9 Å². The molecule has 0 amide bonds. The van der Waals surface area contributed by atoms with Crippen molar-refractivity contribution in [2.24, 2.45) is 0 Å². The number of hydrogen-bond donors (Lipinski definition) is 2. The summed E-state index contributed by atoms with van der Waals surface area (Å²) in [6, 6.07) is 15.8. The number of hydrogen-bond acceptors (Lipinski definition) is 4. The molecule has 0 aromatic heterocycles. The van der Waals surface area contributed by atoms with Crippen LogP contribution in [0.2, 0.25) is 0 Å². The largest absolute Gasteiger partial charge is 0.507 e. The minimum atomic E-state index is -0.213. The first-order valence-corrected chi connectivity index (χ1v) is 10.2. The molecular formula is C28H26O4. The predicted octanol–water partition coefficient (Wildman–Crippen LogP) is 6.13. The summed E-state index contributed by atoms with van der Waals surface area (Å²) < 4.78 is 5.18. The third-order valence-corrected chi connectivity index (χ3v) is 5.08. The van der Waals surface area contributed by atoms with Crippen LogP contribution in [0.3, 0.4) is 0 Å². The van der Waals surface area contributed by atoms with Gasteiger partial charge in [-0.3, -0.25) is 4.79 Å². The summed E-state index contributed by atoms with van der Waals surface area (Å²) >= 11 is 0. The van der Waals surface area contributed by atoms with E-state index in [1.165, 1.54) is 6.08 Å². The van der Waals surface area contributed by atoms with Gasteiger partial charge >= 0.3 is 0 Å². The number of ether oxygens (including phenoxy) is 1. The highest BCUT2D eigenvalue weighted by Gasteiger charge is 2.15. The molecule has 0 aliphatic rings. The molecule has 3 aromatic rings. The molecule has 0 spiro atoms. The van der Waals surface area contributed by atoms with Gasteiger partial charge in [-0.2, -0.15) is 0 Å². The lowest BCUT2D eigenvalue weighted by Crippen LogP contribution is -1.95. The minimum absolute atomic E-state index is 0.0152. The maximum atomic E-state index is 12.6. The molecule has 0 radical (unpaired) electrons. The number of phenols is 2. The van der Waals surface area contributed by atoms with E-state index in [-0.39, 0.29) is 17.3 Å². The molecule has 0 aliphatic heterocycles. The number of carbonyl (C=O) groups is 1. The van der Waals surface area contributed by atoms with Crippen LogP contribution in [0.15, 0.2) is 86.0 Å². The summed E-state index contributed by atoms with van der Waals surface area (Å²) in [5.41, 5.74) is 3.82. The van der Waals surface area contributed by atoms with Crippen molar-refractivity contribution >= 4 is 11.9 Å². The zero-order chi connectivity index (χ0) is 23.1.